The fraction of sp³-hybridized carbons (Fsp3) is 0.593. The molecule has 4 heterocycles. The van der Waals surface area contributed by atoms with E-state index in [9.17, 15) is 9.59 Å². The highest BCUT2D eigenvalue weighted by Crippen LogP contribution is 2.42. The lowest BCUT2D eigenvalue weighted by Crippen LogP contribution is -2.62. The van der Waals surface area contributed by atoms with Gasteiger partial charge in [0.1, 0.15) is 5.60 Å². The van der Waals surface area contributed by atoms with Gasteiger partial charge in [-0.25, -0.2) is 4.79 Å². The zero-order chi connectivity index (χ0) is 26.3. The molecule has 0 bridgehead atoms. The van der Waals surface area contributed by atoms with Crippen molar-refractivity contribution in [2.75, 3.05) is 44.8 Å². The first-order valence-corrected chi connectivity index (χ1v) is 13.4. The number of hydrogen-bond donors (Lipinski definition) is 0. The molecule has 2 amide bonds. The first-order chi connectivity index (χ1) is 16.9. The van der Waals surface area contributed by atoms with Crippen molar-refractivity contribution in [1.82, 2.24) is 14.8 Å². The molecule has 1 saturated heterocycles. The summed E-state index contributed by atoms with van der Waals surface area (Å²) in [6.07, 6.45) is 1.59. The Morgan fingerprint density at radius 1 is 1.25 bits per heavy atom. The predicted octanol–water partition coefficient (Wildman–Crippen LogP) is 4.39. The molecule has 2 aromatic rings. The highest BCUT2D eigenvalue weighted by atomic mass is 32.1. The van der Waals surface area contributed by atoms with Gasteiger partial charge in [0, 0.05) is 60.9 Å². The first-order valence-electron chi connectivity index (χ1n) is 12.5. The molecule has 2 aliphatic heterocycles. The van der Waals surface area contributed by atoms with Crippen LogP contribution in [0.25, 0.3) is 11.3 Å². The molecule has 0 aromatic carbocycles. The second kappa shape index (κ2) is 10.1. The summed E-state index contributed by atoms with van der Waals surface area (Å²) in [5, 5.41) is 4.10. The number of hydrogen-bond acceptors (Lipinski definition) is 7. The van der Waals surface area contributed by atoms with Crippen LogP contribution in [0.1, 0.15) is 47.1 Å². The molecule has 0 N–H and O–H groups in total. The van der Waals surface area contributed by atoms with Crippen molar-refractivity contribution < 1.29 is 19.1 Å². The number of aromatic nitrogens is 1. The van der Waals surface area contributed by atoms with Crippen molar-refractivity contribution in [1.29, 1.82) is 0 Å². The number of nitrogens with zero attached hydrogens (tertiary/aromatic N) is 4. The molecule has 36 heavy (non-hydrogen) atoms. The highest BCUT2D eigenvalue weighted by Gasteiger charge is 2.41. The summed E-state index contributed by atoms with van der Waals surface area (Å²) in [5.74, 6) is 0.0447. The Morgan fingerprint density at radius 3 is 2.64 bits per heavy atom. The quantitative estimate of drug-likeness (QED) is 0.589. The Morgan fingerprint density at radius 2 is 2.00 bits per heavy atom. The molecule has 0 radical (unpaired) electrons. The van der Waals surface area contributed by atoms with Crippen LogP contribution < -0.4 is 4.90 Å². The average molecular weight is 515 g/mol. The number of rotatable bonds is 5. The van der Waals surface area contributed by atoms with E-state index >= 15 is 0 Å². The molecule has 0 aliphatic carbocycles. The number of anilines is 1. The van der Waals surface area contributed by atoms with Crippen molar-refractivity contribution in [2.45, 2.75) is 64.6 Å². The van der Waals surface area contributed by atoms with E-state index in [-0.39, 0.29) is 36.0 Å². The summed E-state index contributed by atoms with van der Waals surface area (Å²) in [4.78, 5) is 37.0. The number of fused-ring (bicyclic) bond motifs is 1. The molecule has 8 nitrogen and oxygen atoms in total. The molecule has 9 heteroatoms. The summed E-state index contributed by atoms with van der Waals surface area (Å²) in [6, 6.07) is 3.90. The maximum atomic E-state index is 13.7. The fourth-order valence-electron chi connectivity index (χ4n) is 5.03. The Hall–Kier alpha value is -2.49. The van der Waals surface area contributed by atoms with Crippen LogP contribution in [0.15, 0.2) is 29.1 Å². The van der Waals surface area contributed by atoms with Gasteiger partial charge in [0.15, 0.2) is 0 Å². The van der Waals surface area contributed by atoms with Gasteiger partial charge < -0.3 is 19.3 Å². The molecule has 1 fully saturated rings. The van der Waals surface area contributed by atoms with Gasteiger partial charge in [0.25, 0.3) is 0 Å². The number of carbonyl (C=O) groups excluding carboxylic acids is 2. The largest absolute Gasteiger partial charge is 0.444 e. The van der Waals surface area contributed by atoms with Crippen molar-refractivity contribution in [2.24, 2.45) is 0 Å². The fourth-order valence-corrected chi connectivity index (χ4v) is 5.68. The van der Waals surface area contributed by atoms with Crippen LogP contribution in [0.5, 0.6) is 0 Å². The summed E-state index contributed by atoms with van der Waals surface area (Å²) in [6.45, 7) is 14.2. The van der Waals surface area contributed by atoms with Crippen LogP contribution in [0.4, 0.5) is 10.5 Å². The Balaban J connectivity index is 1.53. The summed E-state index contributed by atoms with van der Waals surface area (Å²) < 4.78 is 11.1. The maximum absolute atomic E-state index is 13.7. The lowest BCUT2D eigenvalue weighted by atomic mass is 9.88. The normalized spacial score (nSPS) is 22.0. The van der Waals surface area contributed by atoms with Gasteiger partial charge in [0.05, 0.1) is 30.6 Å². The second-order valence-electron chi connectivity index (χ2n) is 11.5. The molecule has 0 spiro atoms. The molecule has 4 rings (SSSR count). The average Bonchev–Trinajstić information content (AvgIpc) is 3.41. The minimum atomic E-state index is -0.562. The molecule has 196 valence electrons. The zero-order valence-electron chi connectivity index (χ0n) is 22.4. The van der Waals surface area contributed by atoms with E-state index in [0.29, 0.717) is 26.2 Å². The lowest BCUT2D eigenvalue weighted by molar-refractivity contribution is -0.121. The van der Waals surface area contributed by atoms with Crippen molar-refractivity contribution in [3.63, 3.8) is 0 Å². The number of piperazine rings is 1. The molecule has 2 aromatic heterocycles. The van der Waals surface area contributed by atoms with Gasteiger partial charge in [0.2, 0.25) is 5.91 Å². The Bertz CT molecular complexity index is 1100. The molecular formula is C27H38N4O4S. The van der Waals surface area contributed by atoms with Crippen LogP contribution in [-0.2, 0) is 19.7 Å². The van der Waals surface area contributed by atoms with Gasteiger partial charge in [-0.3, -0.25) is 14.7 Å². The Kier molecular flexibility index (Phi) is 7.46. The van der Waals surface area contributed by atoms with Gasteiger partial charge >= 0.3 is 6.09 Å². The van der Waals surface area contributed by atoms with Crippen molar-refractivity contribution >= 4 is 29.0 Å². The number of carbonyl (C=O) groups is 2. The van der Waals surface area contributed by atoms with E-state index in [4.69, 9.17) is 9.47 Å². The number of methoxy groups -OCH3 is 1. The SMILES string of the molecule is COC[C@H]1CN(C(=O)OC(C)(C)C)[C@H](C)CN1CC(=O)N1CC(C)(C)c2cnc(-c3ccsc3)cc21. The van der Waals surface area contributed by atoms with E-state index in [2.05, 4.69) is 29.1 Å². The van der Waals surface area contributed by atoms with Gasteiger partial charge in [-0.1, -0.05) is 13.8 Å². The van der Waals surface area contributed by atoms with Crippen LogP contribution in [0, 0.1) is 0 Å². The minimum absolute atomic E-state index is 0.0447. The molecule has 0 unspecified atom stereocenters. The second-order valence-corrected chi connectivity index (χ2v) is 12.3. The molecule has 0 saturated carbocycles. The van der Waals surface area contributed by atoms with Crippen LogP contribution in [-0.4, -0.2) is 84.4 Å². The predicted molar refractivity (Wildman–Crippen MR) is 143 cm³/mol. The third-order valence-corrected chi connectivity index (χ3v) is 7.54. The van der Waals surface area contributed by atoms with Crippen LogP contribution >= 0.6 is 11.3 Å². The van der Waals surface area contributed by atoms with Crippen LogP contribution in [0.3, 0.4) is 0 Å². The highest BCUT2D eigenvalue weighted by molar-refractivity contribution is 7.08. The first kappa shape index (κ1) is 26.6. The Labute approximate surface area is 218 Å². The van der Waals surface area contributed by atoms with Crippen LogP contribution in [0.2, 0.25) is 0 Å². The van der Waals surface area contributed by atoms with E-state index in [1.54, 1.807) is 23.3 Å². The van der Waals surface area contributed by atoms with E-state index in [0.717, 1.165) is 22.5 Å². The van der Waals surface area contributed by atoms with Gasteiger partial charge in [-0.15, -0.1) is 0 Å². The smallest absolute Gasteiger partial charge is 0.410 e. The number of pyridine rings is 1. The zero-order valence-corrected chi connectivity index (χ0v) is 23.2. The van der Waals surface area contributed by atoms with E-state index < -0.39 is 5.60 Å². The topological polar surface area (TPSA) is 75.2 Å². The van der Waals surface area contributed by atoms with Crippen molar-refractivity contribution in [3.8, 4) is 11.3 Å². The number of ether oxygens (including phenoxy) is 2. The standard InChI is InChI=1S/C27H38N4O4S/c1-18-12-29(20(15-34-7)13-30(18)25(33)35-26(2,3)4)14-24(32)31-17-27(5,6)21-11-28-22(10-23(21)31)19-8-9-36-16-19/h8-11,16,18,20H,12-15,17H2,1-7H3/t18-,20-/m1/s1. The monoisotopic (exact) mass is 514 g/mol. The summed E-state index contributed by atoms with van der Waals surface area (Å²) >= 11 is 1.63. The lowest BCUT2D eigenvalue weighted by Gasteiger charge is -2.45. The van der Waals surface area contributed by atoms with E-state index in [1.165, 1.54) is 0 Å². The third kappa shape index (κ3) is 5.58. The number of amides is 2. The molecule has 2 aliphatic rings. The summed E-state index contributed by atoms with van der Waals surface area (Å²) in [7, 11) is 1.65. The maximum Gasteiger partial charge on any atom is 0.410 e. The molecule has 2 atom stereocenters. The van der Waals surface area contributed by atoms with E-state index in [1.807, 2.05) is 56.3 Å². The molecular weight excluding hydrogens is 476 g/mol. The number of thiophene rings is 1. The van der Waals surface area contributed by atoms with Gasteiger partial charge in [-0.05, 0) is 45.2 Å². The third-order valence-electron chi connectivity index (χ3n) is 6.85. The van der Waals surface area contributed by atoms with Gasteiger partial charge in [-0.2, -0.15) is 11.3 Å². The minimum Gasteiger partial charge on any atom is -0.444 e. The summed E-state index contributed by atoms with van der Waals surface area (Å²) in [5.41, 5.74) is 3.22. The van der Waals surface area contributed by atoms with Crippen molar-refractivity contribution in [3.05, 3.63) is 34.7 Å².